The van der Waals surface area contributed by atoms with E-state index >= 15 is 0 Å². The van der Waals surface area contributed by atoms with Gasteiger partial charge in [0, 0.05) is 18.0 Å². The molecule has 2 nitrogen and oxygen atoms in total. The molecule has 0 aliphatic rings. The molecule has 0 bridgehead atoms. The van der Waals surface area contributed by atoms with Gasteiger partial charge in [-0.2, -0.15) is 0 Å². The summed E-state index contributed by atoms with van der Waals surface area (Å²) in [6.45, 7) is 2.09. The van der Waals surface area contributed by atoms with Crippen LogP contribution in [0, 0.1) is 6.92 Å². The lowest BCUT2D eigenvalue weighted by molar-refractivity contribution is 1.25. The van der Waals surface area contributed by atoms with Crippen molar-refractivity contribution in [3.63, 3.8) is 0 Å². The number of benzene rings is 1. The fourth-order valence-corrected chi connectivity index (χ4v) is 2.08. The molecule has 0 N–H and O–H groups in total. The van der Waals surface area contributed by atoms with E-state index in [0.29, 0.717) is 0 Å². The monoisotopic (exact) mass is 246 g/mol. The molecule has 0 radical (unpaired) electrons. The molecule has 0 spiro atoms. The van der Waals surface area contributed by atoms with Crippen molar-refractivity contribution in [2.45, 2.75) is 6.92 Å². The van der Waals surface area contributed by atoms with E-state index < -0.39 is 0 Å². The molecule has 3 rings (SSSR count). The molecule has 0 aliphatic carbocycles. The van der Waals surface area contributed by atoms with Crippen molar-refractivity contribution in [1.29, 1.82) is 0 Å². The van der Waals surface area contributed by atoms with E-state index in [0.717, 1.165) is 17.0 Å². The molecule has 0 amide bonds. The molecule has 3 aromatic rings. The lowest BCUT2D eigenvalue weighted by Gasteiger charge is -2.08. The Morgan fingerprint density at radius 3 is 2.26 bits per heavy atom. The molecule has 0 saturated carbocycles. The molecule has 2 aromatic heterocycles. The summed E-state index contributed by atoms with van der Waals surface area (Å²) in [5, 5.41) is 0. The predicted molar refractivity (Wildman–Crippen MR) is 77.6 cm³/mol. The first kappa shape index (κ1) is 11.6. The normalized spacial score (nSPS) is 10.4. The predicted octanol–water partition coefficient (Wildman–Crippen LogP) is 4.12. The van der Waals surface area contributed by atoms with Crippen molar-refractivity contribution in [2.75, 3.05) is 0 Å². The van der Waals surface area contributed by atoms with E-state index in [9.17, 15) is 0 Å². The summed E-state index contributed by atoms with van der Waals surface area (Å²) in [7, 11) is 0. The summed E-state index contributed by atoms with van der Waals surface area (Å²) in [5.41, 5.74) is 5.36. The first-order valence-corrected chi connectivity index (χ1v) is 6.28. The van der Waals surface area contributed by atoms with E-state index in [1.165, 1.54) is 11.1 Å². The minimum absolute atomic E-state index is 0.902. The van der Waals surface area contributed by atoms with E-state index in [-0.39, 0.29) is 0 Å². The highest BCUT2D eigenvalue weighted by Gasteiger charge is 2.08. The molecular weight excluding hydrogens is 232 g/mol. The number of hydrogen-bond acceptors (Lipinski definition) is 2. The molecule has 19 heavy (non-hydrogen) atoms. The van der Waals surface area contributed by atoms with Gasteiger partial charge in [-0.1, -0.05) is 42.0 Å². The van der Waals surface area contributed by atoms with Crippen molar-refractivity contribution in [3.05, 3.63) is 72.6 Å². The van der Waals surface area contributed by atoms with Gasteiger partial charge in [0.2, 0.25) is 0 Å². The molecule has 2 heteroatoms. The summed E-state index contributed by atoms with van der Waals surface area (Å²) in [6, 6.07) is 18.4. The van der Waals surface area contributed by atoms with E-state index in [2.05, 4.69) is 47.2 Å². The topological polar surface area (TPSA) is 25.8 Å². The minimum atomic E-state index is 0.902. The van der Waals surface area contributed by atoms with Crippen LogP contribution in [0.1, 0.15) is 5.56 Å². The smallest absolute Gasteiger partial charge is 0.0964 e. The second-order valence-corrected chi connectivity index (χ2v) is 4.48. The molecule has 1 aromatic carbocycles. The van der Waals surface area contributed by atoms with Crippen LogP contribution in [0.4, 0.5) is 0 Å². The van der Waals surface area contributed by atoms with Crippen LogP contribution in [0.2, 0.25) is 0 Å². The van der Waals surface area contributed by atoms with Crippen molar-refractivity contribution in [2.24, 2.45) is 0 Å². The Balaban J connectivity index is 2.15. The zero-order valence-electron chi connectivity index (χ0n) is 10.7. The summed E-state index contributed by atoms with van der Waals surface area (Å²) in [4.78, 5) is 8.88. The van der Waals surface area contributed by atoms with Crippen LogP contribution >= 0.6 is 0 Å². The quantitative estimate of drug-likeness (QED) is 0.679. The lowest BCUT2D eigenvalue weighted by Crippen LogP contribution is -1.90. The third-order valence-electron chi connectivity index (χ3n) is 3.08. The first-order chi connectivity index (χ1) is 9.34. The Kier molecular flexibility index (Phi) is 3.07. The second-order valence-electron chi connectivity index (χ2n) is 4.48. The van der Waals surface area contributed by atoms with Crippen molar-refractivity contribution >= 4 is 0 Å². The van der Waals surface area contributed by atoms with Gasteiger partial charge in [-0.05, 0) is 30.7 Å². The van der Waals surface area contributed by atoms with Gasteiger partial charge in [-0.25, -0.2) is 0 Å². The number of aryl methyl sites for hydroxylation is 1. The van der Waals surface area contributed by atoms with Gasteiger partial charge in [0.1, 0.15) is 0 Å². The van der Waals surface area contributed by atoms with Gasteiger partial charge in [0.05, 0.1) is 11.4 Å². The molecular formula is C17H14N2. The van der Waals surface area contributed by atoms with Crippen molar-refractivity contribution < 1.29 is 0 Å². The maximum absolute atomic E-state index is 4.49. The maximum Gasteiger partial charge on any atom is 0.0964 e. The van der Waals surface area contributed by atoms with Gasteiger partial charge < -0.3 is 0 Å². The van der Waals surface area contributed by atoms with Crippen LogP contribution in [-0.4, -0.2) is 9.97 Å². The van der Waals surface area contributed by atoms with Crippen molar-refractivity contribution in [3.8, 4) is 22.5 Å². The lowest BCUT2D eigenvalue weighted by atomic mass is 10.0. The Hall–Kier alpha value is -2.48. The summed E-state index contributed by atoms with van der Waals surface area (Å²) < 4.78 is 0. The average molecular weight is 246 g/mol. The first-order valence-electron chi connectivity index (χ1n) is 6.28. The van der Waals surface area contributed by atoms with E-state index in [4.69, 9.17) is 0 Å². The number of nitrogens with zero attached hydrogens (tertiary/aromatic N) is 2. The van der Waals surface area contributed by atoms with Crippen LogP contribution in [-0.2, 0) is 0 Å². The molecule has 0 saturated heterocycles. The molecule has 0 fully saturated rings. The largest absolute Gasteiger partial charge is 0.255 e. The molecule has 0 unspecified atom stereocenters. The van der Waals surface area contributed by atoms with Gasteiger partial charge in [0.25, 0.3) is 0 Å². The zero-order valence-corrected chi connectivity index (χ0v) is 10.7. The number of rotatable bonds is 2. The Bertz CT molecular complexity index is 673. The van der Waals surface area contributed by atoms with Gasteiger partial charge in [0.15, 0.2) is 0 Å². The van der Waals surface area contributed by atoms with Gasteiger partial charge in [-0.3, -0.25) is 9.97 Å². The highest BCUT2D eigenvalue weighted by molar-refractivity contribution is 5.78. The Labute approximate surface area is 112 Å². The Morgan fingerprint density at radius 1 is 0.737 bits per heavy atom. The fraction of sp³-hybridized carbons (Fsp3) is 0.0588. The third-order valence-corrected chi connectivity index (χ3v) is 3.08. The maximum atomic E-state index is 4.49. The van der Waals surface area contributed by atoms with Gasteiger partial charge >= 0.3 is 0 Å². The van der Waals surface area contributed by atoms with Crippen LogP contribution in [0.25, 0.3) is 22.5 Å². The molecule has 2 heterocycles. The number of aromatic nitrogens is 2. The van der Waals surface area contributed by atoms with E-state index in [1.807, 2.05) is 30.5 Å². The van der Waals surface area contributed by atoms with Gasteiger partial charge in [-0.15, -0.1) is 0 Å². The molecule has 0 aliphatic heterocycles. The Morgan fingerprint density at radius 2 is 1.53 bits per heavy atom. The number of pyridine rings is 2. The minimum Gasteiger partial charge on any atom is -0.255 e. The van der Waals surface area contributed by atoms with Crippen LogP contribution in [0.3, 0.4) is 0 Å². The van der Waals surface area contributed by atoms with Crippen LogP contribution in [0.15, 0.2) is 67.0 Å². The zero-order chi connectivity index (χ0) is 13.1. The highest BCUT2D eigenvalue weighted by Crippen LogP contribution is 2.28. The van der Waals surface area contributed by atoms with Crippen LogP contribution < -0.4 is 0 Å². The SMILES string of the molecule is Cc1ccc(-c2cccnc2-c2ccccn2)cc1. The highest BCUT2D eigenvalue weighted by atomic mass is 14.8. The van der Waals surface area contributed by atoms with E-state index in [1.54, 1.807) is 6.20 Å². The average Bonchev–Trinajstić information content (AvgIpc) is 2.49. The molecule has 0 atom stereocenters. The third kappa shape index (κ3) is 2.38. The second kappa shape index (κ2) is 5.02. The van der Waals surface area contributed by atoms with Crippen molar-refractivity contribution in [1.82, 2.24) is 9.97 Å². The summed E-state index contributed by atoms with van der Waals surface area (Å²) in [5.74, 6) is 0. The number of hydrogen-bond donors (Lipinski definition) is 0. The fourth-order valence-electron chi connectivity index (χ4n) is 2.08. The standard InChI is InChI=1S/C17H14N2/c1-13-7-9-14(10-8-13)15-5-4-12-19-17(15)16-6-2-3-11-18-16/h2-12H,1H3. The van der Waals surface area contributed by atoms with Crippen LogP contribution in [0.5, 0.6) is 0 Å². The summed E-state index contributed by atoms with van der Waals surface area (Å²) in [6.07, 6.45) is 3.60. The summed E-state index contributed by atoms with van der Waals surface area (Å²) >= 11 is 0. The molecule has 92 valence electrons.